The summed E-state index contributed by atoms with van der Waals surface area (Å²) in [5.74, 6) is -0.340. The van der Waals surface area contributed by atoms with Crippen molar-refractivity contribution in [2.24, 2.45) is 11.1 Å². The summed E-state index contributed by atoms with van der Waals surface area (Å²) < 4.78 is 0. The van der Waals surface area contributed by atoms with Gasteiger partial charge in [0.05, 0.1) is 5.41 Å². The maximum atomic E-state index is 10.4. The van der Waals surface area contributed by atoms with Gasteiger partial charge in [-0.05, 0) is 13.8 Å². The molecule has 46 valence electrons. The van der Waals surface area contributed by atoms with Crippen molar-refractivity contribution in [2.45, 2.75) is 13.8 Å². The van der Waals surface area contributed by atoms with E-state index in [0.717, 1.165) is 0 Å². The third-order valence-corrected chi connectivity index (χ3v) is 1.15. The first-order valence-electron chi connectivity index (χ1n) is 2.44. The normalized spacial score (nSPS) is 10.8. The molecular weight excluding hydrogens is 102 g/mol. The molecule has 0 radical (unpaired) electrons. The van der Waals surface area contributed by atoms with Gasteiger partial charge in [-0.1, -0.05) is 6.08 Å². The van der Waals surface area contributed by atoms with E-state index in [4.69, 9.17) is 5.73 Å². The van der Waals surface area contributed by atoms with E-state index < -0.39 is 5.41 Å². The van der Waals surface area contributed by atoms with Gasteiger partial charge in [0.15, 0.2) is 0 Å². The van der Waals surface area contributed by atoms with Crippen molar-refractivity contribution < 1.29 is 4.79 Å². The van der Waals surface area contributed by atoms with Gasteiger partial charge in [-0.15, -0.1) is 6.58 Å². The highest BCUT2D eigenvalue weighted by Gasteiger charge is 2.19. The Kier molecular flexibility index (Phi) is 1.79. The fourth-order valence-corrected chi connectivity index (χ4v) is 0.101. The fourth-order valence-electron chi connectivity index (χ4n) is 0.101. The standard InChI is InChI=1S/C6H11NO/c1-4-6(2,3)5(7)8/h4H,1H2,2-3H3,(H2,7,8). The van der Waals surface area contributed by atoms with Gasteiger partial charge in [0, 0.05) is 0 Å². The fraction of sp³-hybridized carbons (Fsp3) is 0.500. The molecule has 0 aliphatic rings. The van der Waals surface area contributed by atoms with Crippen molar-refractivity contribution in [3.05, 3.63) is 12.7 Å². The first-order chi connectivity index (χ1) is 3.50. The monoisotopic (exact) mass is 113 g/mol. The largest absolute Gasteiger partial charge is 0.369 e. The number of carbonyl (C=O) groups excluding carboxylic acids is 1. The summed E-state index contributed by atoms with van der Waals surface area (Å²) in [6.07, 6.45) is 1.54. The third kappa shape index (κ3) is 1.37. The molecule has 1 amide bonds. The molecule has 0 aromatic heterocycles. The molecule has 0 unspecified atom stereocenters. The van der Waals surface area contributed by atoms with Gasteiger partial charge in [-0.3, -0.25) is 4.79 Å². The zero-order valence-corrected chi connectivity index (χ0v) is 5.27. The molecule has 0 atom stereocenters. The predicted octanol–water partition coefficient (Wildman–Crippen LogP) is 0.684. The maximum Gasteiger partial charge on any atom is 0.226 e. The van der Waals surface area contributed by atoms with Crippen LogP contribution in [0.25, 0.3) is 0 Å². The molecule has 0 rings (SSSR count). The lowest BCUT2D eigenvalue weighted by Gasteiger charge is -2.12. The lowest BCUT2D eigenvalue weighted by molar-refractivity contribution is -0.123. The molecule has 0 aliphatic heterocycles. The van der Waals surface area contributed by atoms with E-state index in [1.165, 1.54) is 6.08 Å². The molecule has 0 spiro atoms. The summed E-state index contributed by atoms with van der Waals surface area (Å²) in [4.78, 5) is 10.4. The Morgan fingerprint density at radius 2 is 2.12 bits per heavy atom. The topological polar surface area (TPSA) is 43.1 Å². The van der Waals surface area contributed by atoms with E-state index in [9.17, 15) is 4.79 Å². The maximum absolute atomic E-state index is 10.4. The van der Waals surface area contributed by atoms with Crippen LogP contribution < -0.4 is 5.73 Å². The van der Waals surface area contributed by atoms with Crippen molar-refractivity contribution in [2.75, 3.05) is 0 Å². The molecule has 0 bridgehead atoms. The molecule has 0 aromatic rings. The molecule has 2 nitrogen and oxygen atoms in total. The number of hydrogen-bond donors (Lipinski definition) is 1. The summed E-state index contributed by atoms with van der Waals surface area (Å²) in [7, 11) is 0. The predicted molar refractivity (Wildman–Crippen MR) is 33.2 cm³/mol. The van der Waals surface area contributed by atoms with Crippen molar-refractivity contribution in [3.63, 3.8) is 0 Å². The van der Waals surface area contributed by atoms with Gasteiger partial charge < -0.3 is 5.73 Å². The van der Waals surface area contributed by atoms with Crippen molar-refractivity contribution in [3.8, 4) is 0 Å². The summed E-state index contributed by atoms with van der Waals surface area (Å²) in [5.41, 5.74) is 4.42. The zero-order valence-electron chi connectivity index (χ0n) is 5.27. The van der Waals surface area contributed by atoms with Crippen LogP contribution in [-0.4, -0.2) is 5.91 Å². The summed E-state index contributed by atoms with van der Waals surface area (Å²) in [6.45, 7) is 6.90. The highest BCUT2D eigenvalue weighted by Crippen LogP contribution is 2.13. The van der Waals surface area contributed by atoms with Crippen LogP contribution in [0.5, 0.6) is 0 Å². The molecule has 0 aliphatic carbocycles. The summed E-state index contributed by atoms with van der Waals surface area (Å²) in [6, 6.07) is 0. The third-order valence-electron chi connectivity index (χ3n) is 1.15. The minimum Gasteiger partial charge on any atom is -0.369 e. The van der Waals surface area contributed by atoms with Crippen LogP contribution in [0, 0.1) is 5.41 Å². The van der Waals surface area contributed by atoms with E-state index in [2.05, 4.69) is 6.58 Å². The molecule has 0 heterocycles. The Bertz CT molecular complexity index is 116. The molecule has 8 heavy (non-hydrogen) atoms. The second-order valence-corrected chi connectivity index (χ2v) is 2.29. The second-order valence-electron chi connectivity index (χ2n) is 2.29. The van der Waals surface area contributed by atoms with E-state index in [-0.39, 0.29) is 5.91 Å². The number of nitrogens with two attached hydrogens (primary N) is 1. The SMILES string of the molecule is C=CC(C)(C)C(N)=O. The van der Waals surface area contributed by atoms with Crippen molar-refractivity contribution >= 4 is 5.91 Å². The van der Waals surface area contributed by atoms with Crippen LogP contribution in [0.4, 0.5) is 0 Å². The Morgan fingerprint density at radius 1 is 1.75 bits per heavy atom. The number of amides is 1. The number of primary amides is 1. The van der Waals surface area contributed by atoms with E-state index in [1.54, 1.807) is 13.8 Å². The Morgan fingerprint density at radius 3 is 2.12 bits per heavy atom. The van der Waals surface area contributed by atoms with Crippen LogP contribution in [0.1, 0.15) is 13.8 Å². The van der Waals surface area contributed by atoms with Gasteiger partial charge in [0.25, 0.3) is 0 Å². The molecule has 2 N–H and O–H groups in total. The Hall–Kier alpha value is -0.790. The molecular formula is C6H11NO. The number of hydrogen-bond acceptors (Lipinski definition) is 1. The van der Waals surface area contributed by atoms with Gasteiger partial charge in [-0.2, -0.15) is 0 Å². The van der Waals surface area contributed by atoms with Crippen LogP contribution in [0.2, 0.25) is 0 Å². The number of rotatable bonds is 2. The average molecular weight is 113 g/mol. The highest BCUT2D eigenvalue weighted by molar-refractivity contribution is 5.81. The van der Waals surface area contributed by atoms with Crippen molar-refractivity contribution in [1.29, 1.82) is 0 Å². The molecule has 0 fully saturated rings. The molecule has 0 aromatic carbocycles. The molecule has 2 heteroatoms. The minimum absolute atomic E-state index is 0.340. The number of carbonyl (C=O) groups is 1. The Balaban J connectivity index is 4.12. The highest BCUT2D eigenvalue weighted by atomic mass is 16.1. The summed E-state index contributed by atoms with van der Waals surface area (Å²) in [5, 5.41) is 0. The lowest BCUT2D eigenvalue weighted by atomic mass is 9.93. The van der Waals surface area contributed by atoms with Gasteiger partial charge >= 0.3 is 0 Å². The lowest BCUT2D eigenvalue weighted by Crippen LogP contribution is -2.29. The van der Waals surface area contributed by atoms with E-state index in [0.29, 0.717) is 0 Å². The zero-order chi connectivity index (χ0) is 6.78. The average Bonchev–Trinajstić information content (AvgIpc) is 1.67. The first-order valence-corrected chi connectivity index (χ1v) is 2.44. The van der Waals surface area contributed by atoms with Crippen LogP contribution in [0.3, 0.4) is 0 Å². The van der Waals surface area contributed by atoms with Crippen molar-refractivity contribution in [1.82, 2.24) is 0 Å². The van der Waals surface area contributed by atoms with E-state index >= 15 is 0 Å². The second kappa shape index (κ2) is 1.99. The van der Waals surface area contributed by atoms with E-state index in [1.807, 2.05) is 0 Å². The minimum atomic E-state index is -0.556. The summed E-state index contributed by atoms with van der Waals surface area (Å²) >= 11 is 0. The Labute approximate surface area is 49.4 Å². The van der Waals surface area contributed by atoms with Gasteiger partial charge in [0.1, 0.15) is 0 Å². The smallest absolute Gasteiger partial charge is 0.226 e. The first kappa shape index (κ1) is 7.21. The van der Waals surface area contributed by atoms with Gasteiger partial charge in [-0.25, -0.2) is 0 Å². The van der Waals surface area contributed by atoms with Gasteiger partial charge in [0.2, 0.25) is 5.91 Å². The molecule has 0 saturated carbocycles. The quantitative estimate of drug-likeness (QED) is 0.526. The van der Waals surface area contributed by atoms with Crippen LogP contribution in [-0.2, 0) is 4.79 Å². The molecule has 0 saturated heterocycles. The van der Waals surface area contributed by atoms with Crippen LogP contribution in [0.15, 0.2) is 12.7 Å². The van der Waals surface area contributed by atoms with Crippen LogP contribution >= 0.6 is 0 Å².